The topological polar surface area (TPSA) is 57.8 Å². The summed E-state index contributed by atoms with van der Waals surface area (Å²) in [7, 11) is 0. The van der Waals surface area contributed by atoms with Crippen molar-refractivity contribution in [2.45, 2.75) is 19.9 Å². The summed E-state index contributed by atoms with van der Waals surface area (Å²) in [5.74, 6) is 0.690. The van der Waals surface area contributed by atoms with E-state index in [0.29, 0.717) is 17.1 Å². The lowest BCUT2D eigenvalue weighted by molar-refractivity contribution is 0.659. The van der Waals surface area contributed by atoms with Crippen LogP contribution < -0.4 is 10.9 Å². The average Bonchev–Trinajstić information content (AvgIpc) is 2.94. The zero-order valence-electron chi connectivity index (χ0n) is 11.8. The summed E-state index contributed by atoms with van der Waals surface area (Å²) in [5, 5.41) is 5.22. The largest absolute Gasteiger partial charge is 0.310 e. The van der Waals surface area contributed by atoms with Crippen LogP contribution in [-0.2, 0) is 13.0 Å². The van der Waals surface area contributed by atoms with E-state index in [-0.39, 0.29) is 5.56 Å². The SMILES string of the molecule is Cc1ccccc1CCNCc1nc2ccsc2c(=O)[nH]1. The van der Waals surface area contributed by atoms with E-state index >= 15 is 0 Å². The molecule has 2 aromatic heterocycles. The minimum Gasteiger partial charge on any atom is -0.310 e. The van der Waals surface area contributed by atoms with Crippen molar-refractivity contribution in [3.8, 4) is 0 Å². The van der Waals surface area contributed by atoms with Gasteiger partial charge >= 0.3 is 0 Å². The van der Waals surface area contributed by atoms with Gasteiger partial charge in [0.2, 0.25) is 0 Å². The maximum Gasteiger partial charge on any atom is 0.268 e. The minimum atomic E-state index is -0.0503. The van der Waals surface area contributed by atoms with Crippen LogP contribution in [0.1, 0.15) is 17.0 Å². The van der Waals surface area contributed by atoms with E-state index in [2.05, 4.69) is 46.5 Å². The number of aromatic nitrogens is 2. The van der Waals surface area contributed by atoms with Crippen molar-refractivity contribution in [1.82, 2.24) is 15.3 Å². The number of hydrogen-bond acceptors (Lipinski definition) is 4. The molecule has 21 heavy (non-hydrogen) atoms. The number of rotatable bonds is 5. The van der Waals surface area contributed by atoms with Gasteiger partial charge in [-0.25, -0.2) is 4.98 Å². The summed E-state index contributed by atoms with van der Waals surface area (Å²) < 4.78 is 0.693. The molecule has 0 bridgehead atoms. The summed E-state index contributed by atoms with van der Waals surface area (Å²) in [6, 6.07) is 10.3. The Morgan fingerprint density at radius 1 is 1.29 bits per heavy atom. The molecule has 108 valence electrons. The fourth-order valence-corrected chi connectivity index (χ4v) is 3.05. The summed E-state index contributed by atoms with van der Waals surface area (Å²) in [4.78, 5) is 19.1. The second kappa shape index (κ2) is 6.20. The first-order valence-corrected chi connectivity index (χ1v) is 7.83. The fraction of sp³-hybridized carbons (Fsp3) is 0.250. The van der Waals surface area contributed by atoms with Crippen molar-refractivity contribution >= 4 is 21.6 Å². The lowest BCUT2D eigenvalue weighted by Gasteiger charge is -2.07. The van der Waals surface area contributed by atoms with Crippen LogP contribution in [0.15, 0.2) is 40.5 Å². The molecular weight excluding hydrogens is 282 g/mol. The van der Waals surface area contributed by atoms with Crippen molar-refractivity contribution in [2.24, 2.45) is 0 Å². The van der Waals surface area contributed by atoms with Gasteiger partial charge < -0.3 is 10.3 Å². The maximum absolute atomic E-state index is 11.8. The van der Waals surface area contributed by atoms with Crippen LogP contribution in [0, 0.1) is 6.92 Å². The zero-order chi connectivity index (χ0) is 14.7. The van der Waals surface area contributed by atoms with Crippen LogP contribution in [0.25, 0.3) is 10.2 Å². The smallest absolute Gasteiger partial charge is 0.268 e. The molecule has 4 nitrogen and oxygen atoms in total. The Hall–Kier alpha value is -1.98. The number of nitrogens with one attached hydrogen (secondary N) is 2. The number of benzene rings is 1. The Morgan fingerprint density at radius 2 is 2.14 bits per heavy atom. The van der Waals surface area contributed by atoms with Gasteiger partial charge in [0, 0.05) is 0 Å². The molecule has 0 spiro atoms. The number of aryl methyl sites for hydroxylation is 1. The predicted octanol–water partition coefficient (Wildman–Crippen LogP) is 2.63. The summed E-state index contributed by atoms with van der Waals surface area (Å²) in [6.45, 7) is 3.56. The number of aromatic amines is 1. The van der Waals surface area contributed by atoms with Crippen LogP contribution in [0.3, 0.4) is 0 Å². The average molecular weight is 299 g/mol. The van der Waals surface area contributed by atoms with Crippen molar-refractivity contribution in [1.29, 1.82) is 0 Å². The van der Waals surface area contributed by atoms with Crippen molar-refractivity contribution in [3.05, 3.63) is 63.0 Å². The summed E-state index contributed by atoms with van der Waals surface area (Å²) >= 11 is 1.42. The highest BCUT2D eigenvalue weighted by Gasteiger charge is 2.04. The van der Waals surface area contributed by atoms with Crippen LogP contribution in [0.4, 0.5) is 0 Å². The molecule has 0 radical (unpaired) electrons. The second-order valence-corrected chi connectivity index (χ2v) is 5.92. The third kappa shape index (κ3) is 3.20. The first-order valence-electron chi connectivity index (χ1n) is 6.95. The van der Waals surface area contributed by atoms with Crippen LogP contribution in [-0.4, -0.2) is 16.5 Å². The van der Waals surface area contributed by atoms with Gasteiger partial charge in [-0.2, -0.15) is 0 Å². The molecule has 0 unspecified atom stereocenters. The van der Waals surface area contributed by atoms with E-state index in [1.165, 1.54) is 22.5 Å². The highest BCUT2D eigenvalue weighted by molar-refractivity contribution is 7.17. The van der Waals surface area contributed by atoms with Gasteiger partial charge in [0.25, 0.3) is 5.56 Å². The van der Waals surface area contributed by atoms with E-state index in [0.717, 1.165) is 18.5 Å². The minimum absolute atomic E-state index is 0.0503. The number of thiophene rings is 1. The Kier molecular flexibility index (Phi) is 4.13. The molecule has 0 aliphatic carbocycles. The summed E-state index contributed by atoms with van der Waals surface area (Å²) in [5.41, 5.74) is 3.38. The Labute approximate surface area is 126 Å². The van der Waals surface area contributed by atoms with E-state index < -0.39 is 0 Å². The van der Waals surface area contributed by atoms with E-state index in [9.17, 15) is 4.79 Å². The van der Waals surface area contributed by atoms with Crippen molar-refractivity contribution in [3.63, 3.8) is 0 Å². The highest BCUT2D eigenvalue weighted by Crippen LogP contribution is 2.13. The highest BCUT2D eigenvalue weighted by atomic mass is 32.1. The van der Waals surface area contributed by atoms with Crippen molar-refractivity contribution < 1.29 is 0 Å². The Morgan fingerprint density at radius 3 is 3.00 bits per heavy atom. The van der Waals surface area contributed by atoms with Gasteiger partial charge in [0.15, 0.2) is 0 Å². The van der Waals surface area contributed by atoms with Gasteiger partial charge in [-0.05, 0) is 42.5 Å². The van der Waals surface area contributed by atoms with Crippen LogP contribution in [0.5, 0.6) is 0 Å². The molecule has 3 aromatic rings. The lowest BCUT2D eigenvalue weighted by atomic mass is 10.1. The molecule has 0 saturated heterocycles. The molecule has 2 heterocycles. The number of H-pyrrole nitrogens is 1. The van der Waals surface area contributed by atoms with E-state index in [1.54, 1.807) is 0 Å². The quantitative estimate of drug-likeness (QED) is 0.712. The maximum atomic E-state index is 11.8. The number of fused-ring (bicyclic) bond motifs is 1. The zero-order valence-corrected chi connectivity index (χ0v) is 12.7. The first kappa shape index (κ1) is 14.0. The van der Waals surface area contributed by atoms with Gasteiger partial charge in [-0.1, -0.05) is 24.3 Å². The van der Waals surface area contributed by atoms with Crippen molar-refractivity contribution in [2.75, 3.05) is 6.54 Å². The molecule has 5 heteroatoms. The molecule has 0 atom stereocenters. The molecule has 0 saturated carbocycles. The molecular formula is C16H17N3OS. The molecule has 0 aliphatic rings. The summed E-state index contributed by atoms with van der Waals surface area (Å²) in [6.07, 6.45) is 0.970. The second-order valence-electron chi connectivity index (χ2n) is 5.00. The molecule has 0 fully saturated rings. The standard InChI is InChI=1S/C16H17N3OS/c1-11-4-2-3-5-12(11)6-8-17-10-14-18-13-7-9-21-15(13)16(20)19-14/h2-5,7,9,17H,6,8,10H2,1H3,(H,18,19,20). The van der Waals surface area contributed by atoms with Gasteiger partial charge in [0.05, 0.1) is 12.1 Å². The molecule has 2 N–H and O–H groups in total. The monoisotopic (exact) mass is 299 g/mol. The Balaban J connectivity index is 1.59. The molecule has 0 amide bonds. The third-order valence-corrected chi connectivity index (χ3v) is 4.39. The van der Waals surface area contributed by atoms with Crippen LogP contribution >= 0.6 is 11.3 Å². The normalized spacial score (nSPS) is 11.1. The predicted molar refractivity (Wildman–Crippen MR) is 86.8 cm³/mol. The lowest BCUT2D eigenvalue weighted by Crippen LogP contribution is -2.21. The number of nitrogens with zero attached hydrogens (tertiary/aromatic N) is 1. The Bertz CT molecular complexity index is 806. The van der Waals surface area contributed by atoms with Gasteiger partial charge in [0.1, 0.15) is 10.5 Å². The molecule has 1 aromatic carbocycles. The van der Waals surface area contributed by atoms with Crippen LogP contribution in [0.2, 0.25) is 0 Å². The molecule has 0 aliphatic heterocycles. The third-order valence-electron chi connectivity index (χ3n) is 3.49. The first-order chi connectivity index (χ1) is 10.2. The van der Waals surface area contributed by atoms with E-state index in [1.807, 2.05) is 11.4 Å². The van der Waals surface area contributed by atoms with E-state index in [4.69, 9.17) is 0 Å². The van der Waals surface area contributed by atoms with Gasteiger partial charge in [-0.15, -0.1) is 11.3 Å². The molecule has 3 rings (SSSR count). The number of hydrogen-bond donors (Lipinski definition) is 2. The fourth-order valence-electron chi connectivity index (χ4n) is 2.33. The van der Waals surface area contributed by atoms with Gasteiger partial charge in [-0.3, -0.25) is 4.79 Å².